The summed E-state index contributed by atoms with van der Waals surface area (Å²) in [6.45, 7) is 3.21. The maximum atomic E-state index is 12.0. The fourth-order valence-corrected chi connectivity index (χ4v) is 2.63. The summed E-state index contributed by atoms with van der Waals surface area (Å²) < 4.78 is 0. The van der Waals surface area contributed by atoms with Crippen molar-refractivity contribution in [3.05, 3.63) is 29.8 Å². The number of carbonyl (C=O) groups is 1. The van der Waals surface area contributed by atoms with Gasteiger partial charge >= 0.3 is 0 Å². The molecule has 4 heteroatoms. The summed E-state index contributed by atoms with van der Waals surface area (Å²) in [5.74, 6) is 0.739. The lowest BCUT2D eigenvalue weighted by Gasteiger charge is -2.23. The maximum Gasteiger partial charge on any atom is 0.251 e. The van der Waals surface area contributed by atoms with Gasteiger partial charge in [0.25, 0.3) is 5.91 Å². The van der Waals surface area contributed by atoms with Crippen molar-refractivity contribution in [2.24, 2.45) is 5.92 Å². The van der Waals surface area contributed by atoms with Crippen LogP contribution in [0.1, 0.15) is 36.0 Å². The molecule has 1 amide bonds. The van der Waals surface area contributed by atoms with Gasteiger partial charge in [-0.1, -0.05) is 6.07 Å². The Morgan fingerprint density at radius 1 is 1.30 bits per heavy atom. The van der Waals surface area contributed by atoms with Crippen molar-refractivity contribution in [1.29, 1.82) is 0 Å². The summed E-state index contributed by atoms with van der Waals surface area (Å²) in [6.07, 6.45) is 4.79. The van der Waals surface area contributed by atoms with Crippen LogP contribution < -0.4 is 16.0 Å². The molecule has 2 aliphatic rings. The number of amides is 1. The normalized spacial score (nSPS) is 22.3. The Bertz CT molecular complexity index is 465. The molecule has 1 saturated carbocycles. The molecular weight excluding hydrogens is 250 g/mol. The van der Waals surface area contributed by atoms with Crippen molar-refractivity contribution in [1.82, 2.24) is 10.6 Å². The van der Waals surface area contributed by atoms with Crippen LogP contribution in [0.4, 0.5) is 5.69 Å². The summed E-state index contributed by atoms with van der Waals surface area (Å²) in [4.78, 5) is 12.0. The van der Waals surface area contributed by atoms with E-state index in [2.05, 4.69) is 16.0 Å². The Morgan fingerprint density at radius 3 is 2.95 bits per heavy atom. The first kappa shape index (κ1) is 13.4. The number of piperidine rings is 1. The zero-order chi connectivity index (χ0) is 13.8. The Kier molecular flexibility index (Phi) is 4.21. The van der Waals surface area contributed by atoms with Crippen LogP contribution in [0.3, 0.4) is 0 Å². The van der Waals surface area contributed by atoms with Gasteiger partial charge in [0.15, 0.2) is 0 Å². The second-order valence-electron chi connectivity index (χ2n) is 5.92. The molecule has 1 aromatic rings. The predicted octanol–water partition coefficient (Wildman–Crippen LogP) is 1.99. The van der Waals surface area contributed by atoms with E-state index in [9.17, 15) is 4.79 Å². The van der Waals surface area contributed by atoms with E-state index in [0.29, 0.717) is 12.0 Å². The van der Waals surface area contributed by atoms with E-state index < -0.39 is 0 Å². The van der Waals surface area contributed by atoms with Gasteiger partial charge in [-0.3, -0.25) is 4.79 Å². The van der Waals surface area contributed by atoms with Gasteiger partial charge in [0, 0.05) is 23.8 Å². The monoisotopic (exact) mass is 273 g/mol. The molecule has 108 valence electrons. The molecule has 0 bridgehead atoms. The zero-order valence-electron chi connectivity index (χ0n) is 11.8. The first-order chi connectivity index (χ1) is 9.81. The van der Waals surface area contributed by atoms with E-state index in [0.717, 1.165) is 43.7 Å². The van der Waals surface area contributed by atoms with Gasteiger partial charge in [0.1, 0.15) is 0 Å². The Morgan fingerprint density at radius 2 is 2.20 bits per heavy atom. The van der Waals surface area contributed by atoms with Crippen LogP contribution in [-0.4, -0.2) is 31.6 Å². The number of hydrogen-bond donors (Lipinski definition) is 3. The molecule has 1 atom stereocenters. The Balaban J connectivity index is 1.54. The molecular formula is C16H23N3O. The minimum Gasteiger partial charge on any atom is -0.385 e. The zero-order valence-corrected chi connectivity index (χ0v) is 11.8. The minimum atomic E-state index is 0.0514. The molecule has 20 heavy (non-hydrogen) atoms. The third-order valence-electron chi connectivity index (χ3n) is 4.03. The quantitative estimate of drug-likeness (QED) is 0.769. The van der Waals surface area contributed by atoms with Crippen molar-refractivity contribution in [3.8, 4) is 0 Å². The van der Waals surface area contributed by atoms with Crippen LogP contribution in [-0.2, 0) is 0 Å². The molecule has 3 rings (SSSR count). The molecule has 1 aliphatic carbocycles. The second-order valence-corrected chi connectivity index (χ2v) is 5.92. The number of anilines is 1. The highest BCUT2D eigenvalue weighted by molar-refractivity contribution is 5.95. The first-order valence-corrected chi connectivity index (χ1v) is 7.67. The molecule has 1 aliphatic heterocycles. The largest absolute Gasteiger partial charge is 0.385 e. The fraction of sp³-hybridized carbons (Fsp3) is 0.562. The SMILES string of the molecule is O=C(NC1CC1)c1cccc(NCC2CCCNC2)c1. The van der Waals surface area contributed by atoms with E-state index in [-0.39, 0.29) is 5.91 Å². The molecule has 1 aromatic carbocycles. The van der Waals surface area contributed by atoms with Crippen molar-refractivity contribution in [2.75, 3.05) is 25.0 Å². The number of benzene rings is 1. The topological polar surface area (TPSA) is 53.2 Å². The highest BCUT2D eigenvalue weighted by atomic mass is 16.1. The third kappa shape index (κ3) is 3.73. The lowest BCUT2D eigenvalue weighted by atomic mass is 9.99. The number of rotatable bonds is 5. The lowest BCUT2D eigenvalue weighted by molar-refractivity contribution is 0.0951. The van der Waals surface area contributed by atoms with Gasteiger partial charge in [0.2, 0.25) is 0 Å². The lowest BCUT2D eigenvalue weighted by Crippen LogP contribution is -2.33. The van der Waals surface area contributed by atoms with Crippen LogP contribution in [0.2, 0.25) is 0 Å². The summed E-state index contributed by atoms with van der Waals surface area (Å²) in [6, 6.07) is 8.22. The van der Waals surface area contributed by atoms with E-state index in [1.165, 1.54) is 12.8 Å². The third-order valence-corrected chi connectivity index (χ3v) is 4.03. The van der Waals surface area contributed by atoms with Crippen molar-refractivity contribution < 1.29 is 4.79 Å². The number of carbonyl (C=O) groups excluding carboxylic acids is 1. The fourth-order valence-electron chi connectivity index (χ4n) is 2.63. The van der Waals surface area contributed by atoms with Crippen LogP contribution in [0.15, 0.2) is 24.3 Å². The summed E-state index contributed by atoms with van der Waals surface area (Å²) in [7, 11) is 0. The van der Waals surface area contributed by atoms with Gasteiger partial charge in [-0.25, -0.2) is 0 Å². The van der Waals surface area contributed by atoms with Gasteiger partial charge in [-0.05, 0) is 62.9 Å². The molecule has 3 N–H and O–H groups in total. The smallest absolute Gasteiger partial charge is 0.251 e. The molecule has 0 aromatic heterocycles. The van der Waals surface area contributed by atoms with E-state index in [1.807, 2.05) is 24.3 Å². The Labute approximate surface area is 120 Å². The second kappa shape index (κ2) is 6.27. The van der Waals surface area contributed by atoms with Crippen LogP contribution in [0, 0.1) is 5.92 Å². The maximum absolute atomic E-state index is 12.0. The van der Waals surface area contributed by atoms with Gasteiger partial charge in [0.05, 0.1) is 0 Å². The van der Waals surface area contributed by atoms with Gasteiger partial charge in [-0.15, -0.1) is 0 Å². The van der Waals surface area contributed by atoms with Gasteiger partial charge in [-0.2, -0.15) is 0 Å². The molecule has 2 fully saturated rings. The highest BCUT2D eigenvalue weighted by Crippen LogP contribution is 2.20. The highest BCUT2D eigenvalue weighted by Gasteiger charge is 2.23. The Hall–Kier alpha value is -1.55. The molecule has 0 spiro atoms. The number of nitrogens with one attached hydrogen (secondary N) is 3. The average molecular weight is 273 g/mol. The van der Waals surface area contributed by atoms with Gasteiger partial charge < -0.3 is 16.0 Å². The van der Waals surface area contributed by atoms with E-state index in [1.54, 1.807) is 0 Å². The summed E-state index contributed by atoms with van der Waals surface area (Å²) in [5.41, 5.74) is 1.79. The average Bonchev–Trinajstić information content (AvgIpc) is 3.30. The summed E-state index contributed by atoms with van der Waals surface area (Å²) >= 11 is 0. The van der Waals surface area contributed by atoms with Crippen molar-refractivity contribution in [3.63, 3.8) is 0 Å². The first-order valence-electron chi connectivity index (χ1n) is 7.67. The molecule has 1 heterocycles. The van der Waals surface area contributed by atoms with Crippen LogP contribution in [0.25, 0.3) is 0 Å². The van der Waals surface area contributed by atoms with E-state index >= 15 is 0 Å². The molecule has 1 unspecified atom stereocenters. The van der Waals surface area contributed by atoms with E-state index in [4.69, 9.17) is 0 Å². The van der Waals surface area contributed by atoms with Crippen LogP contribution in [0.5, 0.6) is 0 Å². The minimum absolute atomic E-state index is 0.0514. The van der Waals surface area contributed by atoms with Crippen molar-refractivity contribution in [2.45, 2.75) is 31.7 Å². The van der Waals surface area contributed by atoms with Crippen LogP contribution >= 0.6 is 0 Å². The predicted molar refractivity (Wildman–Crippen MR) is 81.0 cm³/mol. The molecule has 1 saturated heterocycles. The summed E-state index contributed by atoms with van der Waals surface area (Å²) in [5, 5.41) is 9.91. The molecule has 4 nitrogen and oxygen atoms in total. The number of hydrogen-bond acceptors (Lipinski definition) is 3. The van der Waals surface area contributed by atoms with Crippen molar-refractivity contribution >= 4 is 11.6 Å². The molecule has 0 radical (unpaired) electrons. The standard InChI is InChI=1S/C16H23N3O/c20-16(19-14-6-7-14)13-4-1-5-15(9-13)18-11-12-3-2-8-17-10-12/h1,4-5,9,12,14,17-18H,2-3,6-8,10-11H2,(H,19,20).